The predicted octanol–water partition coefficient (Wildman–Crippen LogP) is 2.61. The molecule has 3 rings (SSSR count). The minimum Gasteiger partial charge on any atom is -0.394 e. The van der Waals surface area contributed by atoms with Gasteiger partial charge in [-0.15, -0.1) is 0 Å². The number of hydrogen-bond acceptors (Lipinski definition) is 4. The third-order valence-electron chi connectivity index (χ3n) is 3.98. The molecule has 0 fully saturated rings. The van der Waals surface area contributed by atoms with Crippen molar-refractivity contribution in [3.8, 4) is 0 Å². The van der Waals surface area contributed by atoms with Gasteiger partial charge in [0.1, 0.15) is 6.61 Å². The van der Waals surface area contributed by atoms with E-state index in [9.17, 15) is 0 Å². The van der Waals surface area contributed by atoms with Gasteiger partial charge in [-0.25, -0.2) is 0 Å². The molecule has 1 aliphatic heterocycles. The molecule has 0 aliphatic carbocycles. The lowest BCUT2D eigenvalue weighted by atomic mass is 10.0. The van der Waals surface area contributed by atoms with Crippen LogP contribution in [0, 0.1) is 0 Å². The van der Waals surface area contributed by atoms with Crippen molar-refractivity contribution >= 4 is 11.4 Å². The molecule has 0 unspecified atom stereocenters. The van der Waals surface area contributed by atoms with Gasteiger partial charge in [0.05, 0.1) is 18.5 Å². The smallest absolute Gasteiger partial charge is 0.134 e. The van der Waals surface area contributed by atoms with Crippen LogP contribution in [0.4, 0.5) is 5.69 Å². The quantitative estimate of drug-likeness (QED) is 0.484. The summed E-state index contributed by atoms with van der Waals surface area (Å²) in [6, 6.07) is 8.62. The van der Waals surface area contributed by atoms with Gasteiger partial charge < -0.3 is 9.74 Å². The number of benzene rings is 1. The summed E-state index contributed by atoms with van der Waals surface area (Å²) in [6.07, 6.45) is 6.10. The highest BCUT2D eigenvalue weighted by molar-refractivity contribution is 5.97. The minimum absolute atomic E-state index is 0.589. The highest BCUT2D eigenvalue weighted by Gasteiger charge is 2.15. The third-order valence-corrected chi connectivity index (χ3v) is 3.98. The first-order chi connectivity index (χ1) is 10.7. The number of anilines is 1. The van der Waals surface area contributed by atoms with Crippen LogP contribution in [0.25, 0.3) is 0 Å². The number of para-hydroxylation sites is 1. The molecular weight excluding hydrogens is 276 g/mol. The molecule has 1 aromatic heterocycles. The Hall–Kier alpha value is -2.30. The Morgan fingerprint density at radius 3 is 3.05 bits per heavy atom. The van der Waals surface area contributed by atoms with E-state index in [0.717, 1.165) is 24.4 Å². The molecule has 0 saturated carbocycles. The Kier molecular flexibility index (Phi) is 4.42. The number of hydrogen-bond donors (Lipinski definition) is 0. The van der Waals surface area contributed by atoms with Gasteiger partial charge in [0.15, 0.2) is 0 Å². The lowest BCUT2D eigenvalue weighted by Gasteiger charge is -2.30. The summed E-state index contributed by atoms with van der Waals surface area (Å²) >= 11 is 0. The van der Waals surface area contributed by atoms with Gasteiger partial charge in [0, 0.05) is 31.0 Å². The van der Waals surface area contributed by atoms with Crippen LogP contribution in [0.1, 0.15) is 24.5 Å². The van der Waals surface area contributed by atoms with Crippen LogP contribution in [0.5, 0.6) is 0 Å². The van der Waals surface area contributed by atoms with E-state index in [4.69, 9.17) is 4.84 Å². The first-order valence-corrected chi connectivity index (χ1v) is 7.72. The molecule has 22 heavy (non-hydrogen) atoms. The van der Waals surface area contributed by atoms with Crippen LogP contribution in [-0.4, -0.2) is 35.2 Å². The van der Waals surface area contributed by atoms with E-state index >= 15 is 0 Å². The van der Waals surface area contributed by atoms with Crippen molar-refractivity contribution in [1.82, 2.24) is 9.78 Å². The molecule has 0 atom stereocenters. The normalized spacial score (nSPS) is 14.8. The van der Waals surface area contributed by atoms with Gasteiger partial charge in [-0.05, 0) is 31.4 Å². The maximum absolute atomic E-state index is 5.49. The Balaban J connectivity index is 1.54. The van der Waals surface area contributed by atoms with E-state index in [1.807, 2.05) is 20.2 Å². The monoisotopic (exact) mass is 298 g/mol. The highest BCUT2D eigenvalue weighted by atomic mass is 16.6. The molecule has 116 valence electrons. The fraction of sp³-hybridized carbons (Fsp3) is 0.412. The zero-order valence-electron chi connectivity index (χ0n) is 13.2. The number of rotatable bonds is 5. The minimum atomic E-state index is 0.589. The molecule has 0 amide bonds. The Morgan fingerprint density at radius 1 is 1.36 bits per heavy atom. The molecule has 0 radical (unpaired) electrons. The van der Waals surface area contributed by atoms with Crippen LogP contribution in [0.3, 0.4) is 0 Å². The molecule has 0 saturated heterocycles. The average Bonchev–Trinajstić information content (AvgIpc) is 2.98. The number of aromatic nitrogens is 2. The van der Waals surface area contributed by atoms with E-state index in [1.54, 1.807) is 10.9 Å². The van der Waals surface area contributed by atoms with Crippen molar-refractivity contribution in [2.24, 2.45) is 12.2 Å². The second kappa shape index (κ2) is 6.64. The summed E-state index contributed by atoms with van der Waals surface area (Å²) in [4.78, 5) is 7.87. The first kappa shape index (κ1) is 14.6. The van der Waals surface area contributed by atoms with E-state index in [0.29, 0.717) is 6.61 Å². The lowest BCUT2D eigenvalue weighted by molar-refractivity contribution is 0.150. The second-order valence-corrected chi connectivity index (χ2v) is 5.63. The van der Waals surface area contributed by atoms with Crippen molar-refractivity contribution in [2.45, 2.75) is 19.8 Å². The van der Waals surface area contributed by atoms with E-state index < -0.39 is 0 Å². The third kappa shape index (κ3) is 3.30. The summed E-state index contributed by atoms with van der Waals surface area (Å²) in [6.45, 7) is 4.48. The zero-order valence-corrected chi connectivity index (χ0v) is 13.2. The van der Waals surface area contributed by atoms with Crippen LogP contribution >= 0.6 is 0 Å². The van der Waals surface area contributed by atoms with E-state index in [2.05, 4.69) is 39.4 Å². The van der Waals surface area contributed by atoms with E-state index in [1.165, 1.54) is 24.1 Å². The maximum atomic E-state index is 5.49. The Bertz CT molecular complexity index is 662. The summed E-state index contributed by atoms with van der Waals surface area (Å²) in [5, 5.41) is 8.32. The van der Waals surface area contributed by atoms with Gasteiger partial charge in [-0.3, -0.25) is 4.68 Å². The van der Waals surface area contributed by atoms with Crippen LogP contribution < -0.4 is 4.90 Å². The van der Waals surface area contributed by atoms with Gasteiger partial charge in [-0.2, -0.15) is 5.10 Å². The van der Waals surface area contributed by atoms with Gasteiger partial charge >= 0.3 is 0 Å². The Morgan fingerprint density at radius 2 is 2.23 bits per heavy atom. The molecule has 5 nitrogen and oxygen atoms in total. The number of nitrogens with zero attached hydrogens (tertiary/aromatic N) is 4. The standard InChI is InChI=1S/C17H22N4O/c1-14(16-12-18-20(2)13-16)19-22-11-10-21-9-5-7-15-6-3-4-8-17(15)21/h3-4,6,8,12-13H,5,7,9-11H2,1-2H3. The van der Waals surface area contributed by atoms with Crippen LogP contribution in [-0.2, 0) is 18.3 Å². The van der Waals surface area contributed by atoms with Gasteiger partial charge in [-0.1, -0.05) is 23.4 Å². The topological polar surface area (TPSA) is 42.6 Å². The molecule has 1 aliphatic rings. The van der Waals surface area contributed by atoms with Gasteiger partial charge in [0.2, 0.25) is 0 Å². The molecule has 2 heterocycles. The molecule has 0 bridgehead atoms. The van der Waals surface area contributed by atoms with Gasteiger partial charge in [0.25, 0.3) is 0 Å². The first-order valence-electron chi connectivity index (χ1n) is 7.72. The number of oxime groups is 1. The van der Waals surface area contributed by atoms with Crippen molar-refractivity contribution in [1.29, 1.82) is 0 Å². The van der Waals surface area contributed by atoms with Crippen molar-refractivity contribution in [2.75, 3.05) is 24.6 Å². The number of aryl methyl sites for hydroxylation is 2. The largest absolute Gasteiger partial charge is 0.394 e. The molecular formula is C17H22N4O. The maximum Gasteiger partial charge on any atom is 0.134 e. The summed E-state index contributed by atoms with van der Waals surface area (Å²) in [7, 11) is 1.89. The fourth-order valence-electron chi connectivity index (χ4n) is 2.80. The lowest BCUT2D eigenvalue weighted by Crippen LogP contribution is -2.32. The van der Waals surface area contributed by atoms with Crippen molar-refractivity contribution < 1.29 is 4.84 Å². The highest BCUT2D eigenvalue weighted by Crippen LogP contribution is 2.26. The molecule has 0 spiro atoms. The van der Waals surface area contributed by atoms with Crippen molar-refractivity contribution in [3.63, 3.8) is 0 Å². The Labute approximate surface area is 131 Å². The zero-order chi connectivity index (χ0) is 15.4. The second-order valence-electron chi connectivity index (χ2n) is 5.63. The molecule has 0 N–H and O–H groups in total. The summed E-state index contributed by atoms with van der Waals surface area (Å²) in [5.41, 5.74) is 4.62. The van der Waals surface area contributed by atoms with Crippen LogP contribution in [0.15, 0.2) is 41.8 Å². The van der Waals surface area contributed by atoms with E-state index in [-0.39, 0.29) is 0 Å². The predicted molar refractivity (Wildman–Crippen MR) is 88.3 cm³/mol. The molecule has 1 aromatic carbocycles. The summed E-state index contributed by atoms with van der Waals surface area (Å²) < 4.78 is 1.76. The molecule has 5 heteroatoms. The SMILES string of the molecule is CC(=NOCCN1CCCc2ccccc21)c1cnn(C)c1. The number of fused-ring (bicyclic) bond motifs is 1. The van der Waals surface area contributed by atoms with Crippen molar-refractivity contribution in [3.05, 3.63) is 47.8 Å². The fourth-order valence-corrected chi connectivity index (χ4v) is 2.80. The average molecular weight is 298 g/mol. The summed E-state index contributed by atoms with van der Waals surface area (Å²) in [5.74, 6) is 0. The van der Waals surface area contributed by atoms with Crippen LogP contribution in [0.2, 0.25) is 0 Å². The molecule has 2 aromatic rings.